The number of likely N-dealkylation sites (tertiary alicyclic amines) is 1. The highest BCUT2D eigenvalue weighted by Crippen LogP contribution is 2.29. The van der Waals surface area contributed by atoms with Gasteiger partial charge in [0.05, 0.1) is 5.92 Å². The van der Waals surface area contributed by atoms with Gasteiger partial charge in [-0.15, -0.1) is 0 Å². The number of piperidine rings is 1. The van der Waals surface area contributed by atoms with E-state index in [1.54, 1.807) is 0 Å². The smallest absolute Gasteiger partial charge is 0.317 e. The second-order valence-corrected chi connectivity index (χ2v) is 6.68. The number of amides is 2. The van der Waals surface area contributed by atoms with Gasteiger partial charge in [0, 0.05) is 19.1 Å². The molecular weight excluding hydrogens is 244 g/mol. The summed E-state index contributed by atoms with van der Waals surface area (Å²) < 4.78 is 0. The molecule has 2 N–H and O–H groups in total. The number of carbonyl (C=O) groups excluding carboxylic acids is 1. The zero-order valence-corrected chi connectivity index (χ0v) is 11.8. The summed E-state index contributed by atoms with van der Waals surface area (Å²) in [5.41, 5.74) is 0.189. The molecule has 0 radical (unpaired) electrons. The van der Waals surface area contributed by atoms with Crippen molar-refractivity contribution in [3.05, 3.63) is 0 Å². The molecule has 1 aliphatic carbocycles. The van der Waals surface area contributed by atoms with Crippen molar-refractivity contribution in [2.75, 3.05) is 13.1 Å². The maximum absolute atomic E-state index is 12.2. The van der Waals surface area contributed by atoms with Crippen LogP contribution in [0.4, 0.5) is 4.79 Å². The second-order valence-electron chi connectivity index (χ2n) is 6.68. The SMILES string of the molecule is CC1(C)CCCN(C(=O)NC2CCC(C(=O)O)C2)C1. The van der Waals surface area contributed by atoms with Crippen LogP contribution >= 0.6 is 0 Å². The van der Waals surface area contributed by atoms with Crippen LogP contribution in [0.2, 0.25) is 0 Å². The molecule has 1 heterocycles. The Hall–Kier alpha value is -1.26. The van der Waals surface area contributed by atoms with Crippen LogP contribution in [0.15, 0.2) is 0 Å². The van der Waals surface area contributed by atoms with Crippen molar-refractivity contribution in [2.24, 2.45) is 11.3 Å². The van der Waals surface area contributed by atoms with Gasteiger partial charge in [0.15, 0.2) is 0 Å². The minimum atomic E-state index is -0.740. The monoisotopic (exact) mass is 268 g/mol. The quantitative estimate of drug-likeness (QED) is 0.805. The molecule has 0 aromatic carbocycles. The molecule has 0 aromatic heterocycles. The third kappa shape index (κ3) is 3.61. The van der Waals surface area contributed by atoms with Crippen molar-refractivity contribution < 1.29 is 14.7 Å². The Kier molecular flexibility index (Phi) is 4.02. The summed E-state index contributed by atoms with van der Waals surface area (Å²) in [6, 6.07) is 0.00227. The van der Waals surface area contributed by atoms with Crippen LogP contribution in [0.1, 0.15) is 46.0 Å². The largest absolute Gasteiger partial charge is 0.481 e. The predicted octanol–water partition coefficient (Wildman–Crippen LogP) is 2.07. The van der Waals surface area contributed by atoms with Crippen molar-refractivity contribution in [3.8, 4) is 0 Å². The first-order valence-corrected chi connectivity index (χ1v) is 7.16. The molecule has 2 aliphatic rings. The van der Waals surface area contributed by atoms with Gasteiger partial charge < -0.3 is 15.3 Å². The fourth-order valence-corrected chi connectivity index (χ4v) is 3.20. The van der Waals surface area contributed by atoms with Gasteiger partial charge in [0.1, 0.15) is 0 Å². The number of nitrogens with zero attached hydrogens (tertiary/aromatic N) is 1. The first kappa shape index (κ1) is 14.2. The summed E-state index contributed by atoms with van der Waals surface area (Å²) in [7, 11) is 0. The number of aliphatic carboxylic acids is 1. The standard InChI is InChI=1S/C14H24N2O3/c1-14(2)6-3-7-16(9-14)13(19)15-11-5-4-10(8-11)12(17)18/h10-11H,3-9H2,1-2H3,(H,15,19)(H,17,18). The summed E-state index contributed by atoms with van der Waals surface area (Å²) in [4.78, 5) is 25.0. The molecule has 108 valence electrons. The molecular formula is C14H24N2O3. The van der Waals surface area contributed by atoms with Gasteiger partial charge in [-0.2, -0.15) is 0 Å². The van der Waals surface area contributed by atoms with Gasteiger partial charge in [-0.25, -0.2) is 4.79 Å². The van der Waals surface area contributed by atoms with Crippen molar-refractivity contribution in [1.29, 1.82) is 0 Å². The molecule has 2 amide bonds. The van der Waals surface area contributed by atoms with E-state index in [9.17, 15) is 9.59 Å². The van der Waals surface area contributed by atoms with E-state index in [0.717, 1.165) is 32.4 Å². The van der Waals surface area contributed by atoms with Gasteiger partial charge in [0.25, 0.3) is 0 Å². The van der Waals surface area contributed by atoms with E-state index >= 15 is 0 Å². The Labute approximate surface area is 114 Å². The molecule has 1 saturated heterocycles. The zero-order chi connectivity index (χ0) is 14.0. The Bertz CT molecular complexity index is 368. The Morgan fingerprint density at radius 2 is 2.05 bits per heavy atom. The van der Waals surface area contributed by atoms with E-state index in [-0.39, 0.29) is 23.4 Å². The van der Waals surface area contributed by atoms with Crippen LogP contribution in [0, 0.1) is 11.3 Å². The van der Waals surface area contributed by atoms with Crippen LogP contribution in [0.3, 0.4) is 0 Å². The summed E-state index contributed by atoms with van der Waals surface area (Å²) in [6.45, 7) is 5.96. The Balaban J connectivity index is 1.83. The molecule has 1 saturated carbocycles. The lowest BCUT2D eigenvalue weighted by Crippen LogP contribution is -2.50. The summed E-state index contributed by atoms with van der Waals surface area (Å²) in [6.07, 6.45) is 4.22. The topological polar surface area (TPSA) is 69.6 Å². The fourth-order valence-electron chi connectivity index (χ4n) is 3.20. The van der Waals surface area contributed by atoms with Gasteiger partial charge in [-0.3, -0.25) is 4.79 Å². The van der Waals surface area contributed by atoms with Gasteiger partial charge >= 0.3 is 12.0 Å². The summed E-state index contributed by atoms with van der Waals surface area (Å²) in [5.74, 6) is -1.03. The molecule has 0 spiro atoms. The Morgan fingerprint density at radius 3 is 2.63 bits per heavy atom. The molecule has 1 aliphatic heterocycles. The lowest BCUT2D eigenvalue weighted by atomic mass is 9.84. The van der Waals surface area contributed by atoms with Crippen molar-refractivity contribution in [1.82, 2.24) is 10.2 Å². The number of carboxylic acids is 1. The molecule has 2 rings (SSSR count). The molecule has 2 atom stereocenters. The maximum Gasteiger partial charge on any atom is 0.317 e. The third-order valence-electron chi connectivity index (χ3n) is 4.30. The molecule has 5 heteroatoms. The van der Waals surface area contributed by atoms with Crippen LogP contribution in [-0.2, 0) is 4.79 Å². The minimum absolute atomic E-state index is 0.0242. The first-order valence-electron chi connectivity index (χ1n) is 7.16. The average Bonchev–Trinajstić information content (AvgIpc) is 2.76. The molecule has 2 fully saturated rings. The van der Waals surface area contributed by atoms with E-state index in [1.165, 1.54) is 0 Å². The van der Waals surface area contributed by atoms with E-state index in [0.29, 0.717) is 12.8 Å². The number of rotatable bonds is 2. The molecule has 5 nitrogen and oxygen atoms in total. The van der Waals surface area contributed by atoms with Gasteiger partial charge in [0.2, 0.25) is 0 Å². The lowest BCUT2D eigenvalue weighted by Gasteiger charge is -2.38. The number of hydrogen-bond acceptors (Lipinski definition) is 2. The minimum Gasteiger partial charge on any atom is -0.481 e. The first-order chi connectivity index (χ1) is 8.87. The van der Waals surface area contributed by atoms with Crippen LogP contribution in [0.25, 0.3) is 0 Å². The number of carboxylic acid groups (broad SMARTS) is 1. The second kappa shape index (κ2) is 5.39. The maximum atomic E-state index is 12.2. The third-order valence-corrected chi connectivity index (χ3v) is 4.30. The van der Waals surface area contributed by atoms with Crippen molar-refractivity contribution >= 4 is 12.0 Å². The van der Waals surface area contributed by atoms with Crippen molar-refractivity contribution in [2.45, 2.75) is 52.0 Å². The van der Waals surface area contributed by atoms with E-state index in [2.05, 4.69) is 19.2 Å². The fraction of sp³-hybridized carbons (Fsp3) is 0.857. The normalized spacial score (nSPS) is 30.1. The highest BCUT2D eigenvalue weighted by atomic mass is 16.4. The predicted molar refractivity (Wildman–Crippen MR) is 71.9 cm³/mol. The van der Waals surface area contributed by atoms with Crippen LogP contribution in [-0.4, -0.2) is 41.1 Å². The number of nitrogens with one attached hydrogen (secondary N) is 1. The molecule has 19 heavy (non-hydrogen) atoms. The lowest BCUT2D eigenvalue weighted by molar-refractivity contribution is -0.141. The molecule has 2 unspecified atom stereocenters. The zero-order valence-electron chi connectivity index (χ0n) is 11.8. The number of carbonyl (C=O) groups is 2. The number of urea groups is 1. The summed E-state index contributed by atoms with van der Waals surface area (Å²) in [5, 5.41) is 12.0. The highest BCUT2D eigenvalue weighted by Gasteiger charge is 2.33. The van der Waals surface area contributed by atoms with E-state index in [4.69, 9.17) is 5.11 Å². The van der Waals surface area contributed by atoms with Crippen molar-refractivity contribution in [3.63, 3.8) is 0 Å². The number of hydrogen-bond donors (Lipinski definition) is 2. The van der Waals surface area contributed by atoms with Gasteiger partial charge in [-0.1, -0.05) is 13.8 Å². The highest BCUT2D eigenvalue weighted by molar-refractivity contribution is 5.75. The van der Waals surface area contributed by atoms with E-state index < -0.39 is 5.97 Å². The summed E-state index contributed by atoms with van der Waals surface area (Å²) >= 11 is 0. The van der Waals surface area contributed by atoms with Crippen LogP contribution in [0.5, 0.6) is 0 Å². The molecule has 0 aromatic rings. The molecule has 0 bridgehead atoms. The van der Waals surface area contributed by atoms with Gasteiger partial charge in [-0.05, 0) is 37.5 Å². The average molecular weight is 268 g/mol. The van der Waals surface area contributed by atoms with E-state index in [1.807, 2.05) is 4.90 Å². The Morgan fingerprint density at radius 1 is 1.32 bits per heavy atom. The van der Waals surface area contributed by atoms with Crippen LogP contribution < -0.4 is 5.32 Å².